The molecular formula is C19H22N4O. The summed E-state index contributed by atoms with van der Waals surface area (Å²) in [6, 6.07) is 9.46. The summed E-state index contributed by atoms with van der Waals surface area (Å²) in [6.07, 6.45) is 6.82. The lowest BCUT2D eigenvalue weighted by Crippen LogP contribution is -2.45. The second kappa shape index (κ2) is 6.23. The van der Waals surface area contributed by atoms with Gasteiger partial charge in [-0.25, -0.2) is 9.97 Å². The number of rotatable bonds is 2. The molecule has 2 unspecified atom stereocenters. The Morgan fingerprint density at radius 1 is 1.08 bits per heavy atom. The first-order valence-electron chi connectivity index (χ1n) is 8.67. The van der Waals surface area contributed by atoms with Gasteiger partial charge in [-0.05, 0) is 49.3 Å². The lowest BCUT2D eigenvalue weighted by atomic mass is 9.78. The van der Waals surface area contributed by atoms with Gasteiger partial charge in [0.15, 0.2) is 0 Å². The van der Waals surface area contributed by atoms with E-state index in [9.17, 15) is 4.79 Å². The number of carbonyl (C=O) groups is 1. The molecule has 124 valence electrons. The molecule has 1 saturated carbocycles. The minimum Gasteiger partial charge on any atom is -0.368 e. The van der Waals surface area contributed by atoms with Crippen molar-refractivity contribution in [2.24, 2.45) is 11.8 Å². The summed E-state index contributed by atoms with van der Waals surface area (Å²) >= 11 is 0. The molecule has 2 aliphatic rings. The number of benzene rings is 1. The molecule has 5 heteroatoms. The number of nitrogen functional groups attached to an aromatic ring is 1. The number of likely N-dealkylation sites (tertiary alicyclic amines) is 1. The molecule has 24 heavy (non-hydrogen) atoms. The van der Waals surface area contributed by atoms with Crippen LogP contribution >= 0.6 is 0 Å². The van der Waals surface area contributed by atoms with Gasteiger partial charge in [-0.3, -0.25) is 4.79 Å². The van der Waals surface area contributed by atoms with Crippen molar-refractivity contribution in [3.63, 3.8) is 0 Å². The number of hydrogen-bond donors (Lipinski definition) is 1. The first kappa shape index (κ1) is 15.1. The topological polar surface area (TPSA) is 72.1 Å². The maximum atomic E-state index is 12.8. The fourth-order valence-electron chi connectivity index (χ4n) is 4.10. The third-order valence-corrected chi connectivity index (χ3v) is 5.24. The van der Waals surface area contributed by atoms with Gasteiger partial charge in [-0.1, -0.05) is 18.6 Å². The Labute approximate surface area is 141 Å². The van der Waals surface area contributed by atoms with Crippen LogP contribution in [-0.2, 0) is 0 Å². The zero-order valence-corrected chi connectivity index (χ0v) is 13.7. The normalized spacial score (nSPS) is 23.1. The van der Waals surface area contributed by atoms with Gasteiger partial charge in [0.1, 0.15) is 0 Å². The van der Waals surface area contributed by atoms with Crippen LogP contribution in [0, 0.1) is 11.8 Å². The fourth-order valence-corrected chi connectivity index (χ4v) is 4.10. The van der Waals surface area contributed by atoms with Crippen molar-refractivity contribution < 1.29 is 4.79 Å². The van der Waals surface area contributed by atoms with Crippen molar-refractivity contribution in [1.82, 2.24) is 14.9 Å². The minimum atomic E-state index is 0.153. The van der Waals surface area contributed by atoms with Gasteiger partial charge < -0.3 is 10.6 Å². The molecule has 2 heterocycles. The Morgan fingerprint density at radius 2 is 1.79 bits per heavy atom. The smallest absolute Gasteiger partial charge is 0.253 e. The molecule has 2 aromatic rings. The molecule has 2 bridgehead atoms. The molecule has 2 N–H and O–H groups in total. The third kappa shape index (κ3) is 2.98. The maximum Gasteiger partial charge on any atom is 0.253 e. The van der Waals surface area contributed by atoms with Crippen LogP contribution in [0.1, 0.15) is 36.0 Å². The predicted octanol–water partition coefficient (Wildman–Crippen LogP) is 2.99. The Hall–Kier alpha value is -2.43. The molecule has 5 nitrogen and oxygen atoms in total. The van der Waals surface area contributed by atoms with Crippen LogP contribution in [0.25, 0.3) is 11.3 Å². The van der Waals surface area contributed by atoms with E-state index in [-0.39, 0.29) is 11.9 Å². The monoisotopic (exact) mass is 322 g/mol. The molecule has 1 aliphatic carbocycles. The highest BCUT2D eigenvalue weighted by Gasteiger charge is 2.32. The molecule has 1 aromatic heterocycles. The summed E-state index contributed by atoms with van der Waals surface area (Å²) in [5.41, 5.74) is 8.10. The molecule has 1 amide bonds. The van der Waals surface area contributed by atoms with E-state index >= 15 is 0 Å². The number of hydrogen-bond acceptors (Lipinski definition) is 4. The first-order chi connectivity index (χ1) is 11.7. The number of piperidine rings is 1. The van der Waals surface area contributed by atoms with E-state index in [0.717, 1.165) is 29.9 Å². The first-order valence-corrected chi connectivity index (χ1v) is 8.67. The van der Waals surface area contributed by atoms with E-state index in [0.29, 0.717) is 11.8 Å². The highest BCUT2D eigenvalue weighted by atomic mass is 16.2. The second-order valence-electron chi connectivity index (χ2n) is 6.99. The number of amides is 1. The van der Waals surface area contributed by atoms with E-state index < -0.39 is 0 Å². The third-order valence-electron chi connectivity index (χ3n) is 5.24. The average molecular weight is 322 g/mol. The average Bonchev–Trinajstić information content (AvgIpc) is 2.61. The summed E-state index contributed by atoms with van der Waals surface area (Å²) in [5, 5.41) is 0. The van der Waals surface area contributed by atoms with Crippen molar-refractivity contribution in [3.8, 4) is 11.3 Å². The summed E-state index contributed by atoms with van der Waals surface area (Å²) < 4.78 is 0. The molecule has 0 radical (unpaired) electrons. The second-order valence-corrected chi connectivity index (χ2v) is 6.99. The van der Waals surface area contributed by atoms with E-state index in [1.165, 1.54) is 25.7 Å². The maximum absolute atomic E-state index is 12.8. The minimum absolute atomic E-state index is 0.153. The van der Waals surface area contributed by atoms with Crippen molar-refractivity contribution in [3.05, 3.63) is 42.1 Å². The van der Waals surface area contributed by atoms with E-state index in [2.05, 4.69) is 14.9 Å². The van der Waals surface area contributed by atoms with Gasteiger partial charge in [0.25, 0.3) is 5.91 Å². The quantitative estimate of drug-likeness (QED) is 0.922. The van der Waals surface area contributed by atoms with E-state index in [1.54, 1.807) is 6.20 Å². The summed E-state index contributed by atoms with van der Waals surface area (Å²) in [5.74, 6) is 1.81. The Kier molecular flexibility index (Phi) is 3.92. The molecule has 1 saturated heterocycles. The standard InChI is InChI=1S/C19H22N4O/c20-19-21-9-8-17(22-19)15-4-6-16(7-5-15)18(24)23-11-13-2-1-3-14(10-13)12-23/h4-9,13-14H,1-3,10-12H2,(H2,20,21,22). The Morgan fingerprint density at radius 3 is 2.46 bits per heavy atom. The van der Waals surface area contributed by atoms with E-state index in [1.807, 2.05) is 30.3 Å². The molecule has 1 aromatic carbocycles. The van der Waals surface area contributed by atoms with Crippen molar-refractivity contribution in [2.45, 2.75) is 25.7 Å². The van der Waals surface area contributed by atoms with Crippen LogP contribution in [0.15, 0.2) is 36.5 Å². The highest BCUT2D eigenvalue weighted by Crippen LogP contribution is 2.34. The van der Waals surface area contributed by atoms with E-state index in [4.69, 9.17) is 5.73 Å². The summed E-state index contributed by atoms with van der Waals surface area (Å²) in [4.78, 5) is 23.0. The SMILES string of the molecule is Nc1nccc(-c2ccc(C(=O)N3CC4CCCC(C4)C3)cc2)n1. The van der Waals surface area contributed by atoms with Gasteiger partial charge in [0.05, 0.1) is 5.69 Å². The van der Waals surface area contributed by atoms with Crippen LogP contribution in [-0.4, -0.2) is 33.9 Å². The molecule has 1 aliphatic heterocycles. The molecule has 4 rings (SSSR count). The predicted molar refractivity (Wildman–Crippen MR) is 93.2 cm³/mol. The number of carbonyl (C=O) groups excluding carboxylic acids is 1. The number of anilines is 1. The Bertz CT molecular complexity index is 731. The van der Waals surface area contributed by atoms with Crippen molar-refractivity contribution in [2.75, 3.05) is 18.8 Å². The van der Waals surface area contributed by atoms with Gasteiger partial charge >= 0.3 is 0 Å². The molecular weight excluding hydrogens is 300 g/mol. The highest BCUT2D eigenvalue weighted by molar-refractivity contribution is 5.94. The van der Waals surface area contributed by atoms with Gasteiger partial charge in [-0.2, -0.15) is 0 Å². The van der Waals surface area contributed by atoms with Gasteiger partial charge in [0.2, 0.25) is 5.95 Å². The summed E-state index contributed by atoms with van der Waals surface area (Å²) in [6.45, 7) is 1.83. The summed E-state index contributed by atoms with van der Waals surface area (Å²) in [7, 11) is 0. The van der Waals surface area contributed by atoms with Crippen LogP contribution in [0.4, 0.5) is 5.95 Å². The zero-order chi connectivity index (χ0) is 16.5. The number of nitrogens with zero attached hydrogens (tertiary/aromatic N) is 3. The fraction of sp³-hybridized carbons (Fsp3) is 0.421. The number of nitrogens with two attached hydrogens (primary N) is 1. The van der Waals surface area contributed by atoms with Crippen LogP contribution in [0.5, 0.6) is 0 Å². The molecule has 2 fully saturated rings. The van der Waals surface area contributed by atoms with Crippen LogP contribution < -0.4 is 5.73 Å². The van der Waals surface area contributed by atoms with Crippen molar-refractivity contribution in [1.29, 1.82) is 0 Å². The van der Waals surface area contributed by atoms with Gasteiger partial charge in [0, 0.05) is 30.4 Å². The van der Waals surface area contributed by atoms with Crippen LogP contribution in [0.3, 0.4) is 0 Å². The largest absolute Gasteiger partial charge is 0.368 e. The lowest BCUT2D eigenvalue weighted by Gasteiger charge is -2.41. The molecule has 2 atom stereocenters. The molecule has 0 spiro atoms. The Balaban J connectivity index is 1.51. The zero-order valence-electron chi connectivity index (χ0n) is 13.7. The van der Waals surface area contributed by atoms with Gasteiger partial charge in [-0.15, -0.1) is 0 Å². The lowest BCUT2D eigenvalue weighted by molar-refractivity contribution is 0.0504. The van der Waals surface area contributed by atoms with Crippen LogP contribution in [0.2, 0.25) is 0 Å². The number of fused-ring (bicyclic) bond motifs is 2. The van der Waals surface area contributed by atoms with Crippen molar-refractivity contribution >= 4 is 11.9 Å². The number of aromatic nitrogens is 2.